The molecule has 1 N–H and O–H groups in total. The van der Waals surface area contributed by atoms with Crippen LogP contribution in [0.1, 0.15) is 25.7 Å². The molecule has 1 aliphatic heterocycles. The maximum atomic E-state index is 5.59. The van der Waals surface area contributed by atoms with Crippen LogP contribution in [0, 0.1) is 0 Å². The van der Waals surface area contributed by atoms with Gasteiger partial charge in [-0.05, 0) is 25.8 Å². The maximum absolute atomic E-state index is 5.59. The fourth-order valence-corrected chi connectivity index (χ4v) is 1.57. The molecule has 0 spiro atoms. The standard InChI is InChI=1S/C7H14ClN/c8-5-4-7-3-1-2-6-9-7/h7,9H,1-6H2/t7-/m0/s1. The van der Waals surface area contributed by atoms with Crippen LogP contribution in [0.15, 0.2) is 0 Å². The van der Waals surface area contributed by atoms with Gasteiger partial charge in [0.1, 0.15) is 0 Å². The molecule has 1 aliphatic rings. The summed E-state index contributed by atoms with van der Waals surface area (Å²) in [5, 5.41) is 3.44. The lowest BCUT2D eigenvalue weighted by molar-refractivity contribution is 0.394. The van der Waals surface area contributed by atoms with Gasteiger partial charge in [-0.15, -0.1) is 11.6 Å². The van der Waals surface area contributed by atoms with Crippen LogP contribution in [0.3, 0.4) is 0 Å². The summed E-state index contributed by atoms with van der Waals surface area (Å²) in [6.45, 7) is 1.20. The molecule has 0 unspecified atom stereocenters. The summed E-state index contributed by atoms with van der Waals surface area (Å²) >= 11 is 5.59. The topological polar surface area (TPSA) is 12.0 Å². The Hall–Kier alpha value is 0.250. The summed E-state index contributed by atoms with van der Waals surface area (Å²) in [6.07, 6.45) is 5.20. The van der Waals surface area contributed by atoms with E-state index in [0.717, 1.165) is 18.3 Å². The molecule has 0 aliphatic carbocycles. The minimum Gasteiger partial charge on any atom is -0.314 e. The van der Waals surface area contributed by atoms with Crippen LogP contribution in [-0.4, -0.2) is 18.5 Å². The molecule has 0 radical (unpaired) electrons. The predicted molar refractivity (Wildman–Crippen MR) is 41.0 cm³/mol. The number of rotatable bonds is 2. The van der Waals surface area contributed by atoms with E-state index in [0.29, 0.717) is 0 Å². The molecular weight excluding hydrogens is 134 g/mol. The first kappa shape index (κ1) is 7.36. The number of hydrogen-bond donors (Lipinski definition) is 1. The van der Waals surface area contributed by atoms with Crippen molar-refractivity contribution in [3.05, 3.63) is 0 Å². The Bertz CT molecular complexity index is 66.6. The summed E-state index contributed by atoms with van der Waals surface area (Å²) in [7, 11) is 0. The van der Waals surface area contributed by atoms with Crippen LogP contribution >= 0.6 is 11.6 Å². The van der Waals surface area contributed by atoms with Gasteiger partial charge in [-0.2, -0.15) is 0 Å². The van der Waals surface area contributed by atoms with E-state index >= 15 is 0 Å². The molecule has 0 aromatic rings. The van der Waals surface area contributed by atoms with Crippen LogP contribution in [-0.2, 0) is 0 Å². The highest BCUT2D eigenvalue weighted by molar-refractivity contribution is 6.17. The van der Waals surface area contributed by atoms with E-state index in [2.05, 4.69) is 5.32 Å². The Kier molecular flexibility index (Phi) is 3.37. The molecule has 0 amide bonds. The summed E-state index contributed by atoms with van der Waals surface area (Å²) in [6, 6.07) is 0.719. The van der Waals surface area contributed by atoms with Gasteiger partial charge in [-0.25, -0.2) is 0 Å². The molecule has 0 saturated carbocycles. The van der Waals surface area contributed by atoms with Gasteiger partial charge in [0, 0.05) is 11.9 Å². The highest BCUT2D eigenvalue weighted by atomic mass is 35.5. The Balaban J connectivity index is 2.08. The average Bonchev–Trinajstić information content (AvgIpc) is 1.91. The van der Waals surface area contributed by atoms with Crippen LogP contribution in [0.2, 0.25) is 0 Å². The fraction of sp³-hybridized carbons (Fsp3) is 1.00. The smallest absolute Gasteiger partial charge is 0.0238 e. The minimum atomic E-state index is 0.719. The minimum absolute atomic E-state index is 0.719. The predicted octanol–water partition coefficient (Wildman–Crippen LogP) is 1.76. The highest BCUT2D eigenvalue weighted by Gasteiger charge is 2.10. The molecule has 9 heavy (non-hydrogen) atoms. The fourth-order valence-electron chi connectivity index (χ4n) is 1.30. The Labute approximate surface area is 61.8 Å². The Morgan fingerprint density at radius 1 is 1.44 bits per heavy atom. The van der Waals surface area contributed by atoms with E-state index in [9.17, 15) is 0 Å². The summed E-state index contributed by atoms with van der Waals surface area (Å²) in [5.41, 5.74) is 0. The summed E-state index contributed by atoms with van der Waals surface area (Å²) in [4.78, 5) is 0. The van der Waals surface area contributed by atoms with Gasteiger partial charge in [0.25, 0.3) is 0 Å². The molecule has 0 aromatic carbocycles. The third kappa shape index (κ3) is 2.55. The molecule has 0 bridgehead atoms. The van der Waals surface area contributed by atoms with Gasteiger partial charge < -0.3 is 5.32 Å². The van der Waals surface area contributed by atoms with Crippen LogP contribution in [0.25, 0.3) is 0 Å². The summed E-state index contributed by atoms with van der Waals surface area (Å²) < 4.78 is 0. The SMILES string of the molecule is ClCC[C@@H]1CCCCN1. The molecular formula is C7H14ClN. The van der Waals surface area contributed by atoms with Crippen LogP contribution in [0.4, 0.5) is 0 Å². The zero-order valence-corrected chi connectivity index (χ0v) is 6.45. The second-order valence-corrected chi connectivity index (χ2v) is 3.00. The lowest BCUT2D eigenvalue weighted by Gasteiger charge is -2.22. The molecule has 1 atom stereocenters. The van der Waals surface area contributed by atoms with Gasteiger partial charge in [0.15, 0.2) is 0 Å². The lowest BCUT2D eigenvalue weighted by atomic mass is 10.0. The second kappa shape index (κ2) is 4.13. The molecule has 1 rings (SSSR count). The third-order valence-electron chi connectivity index (χ3n) is 1.87. The van der Waals surface area contributed by atoms with E-state index in [4.69, 9.17) is 11.6 Å². The van der Waals surface area contributed by atoms with Gasteiger partial charge in [-0.1, -0.05) is 6.42 Å². The number of piperidine rings is 1. The van der Waals surface area contributed by atoms with Gasteiger partial charge >= 0.3 is 0 Å². The van der Waals surface area contributed by atoms with Crippen LogP contribution < -0.4 is 5.32 Å². The van der Waals surface area contributed by atoms with E-state index in [1.807, 2.05) is 0 Å². The zero-order valence-electron chi connectivity index (χ0n) is 5.70. The normalized spacial score (nSPS) is 28.3. The number of halogens is 1. The van der Waals surface area contributed by atoms with Crippen LogP contribution in [0.5, 0.6) is 0 Å². The van der Waals surface area contributed by atoms with Crippen molar-refractivity contribution in [2.75, 3.05) is 12.4 Å². The first-order valence-corrected chi connectivity index (χ1v) is 4.26. The van der Waals surface area contributed by atoms with Gasteiger partial charge in [-0.3, -0.25) is 0 Å². The monoisotopic (exact) mass is 147 g/mol. The first-order valence-electron chi connectivity index (χ1n) is 3.73. The molecule has 1 heterocycles. The second-order valence-electron chi connectivity index (χ2n) is 2.62. The quantitative estimate of drug-likeness (QED) is 0.587. The zero-order chi connectivity index (χ0) is 6.53. The Morgan fingerprint density at radius 2 is 2.33 bits per heavy atom. The van der Waals surface area contributed by atoms with Crippen molar-refractivity contribution >= 4 is 11.6 Å². The van der Waals surface area contributed by atoms with E-state index in [-0.39, 0.29) is 0 Å². The summed E-state index contributed by atoms with van der Waals surface area (Å²) in [5.74, 6) is 0.803. The van der Waals surface area contributed by atoms with Gasteiger partial charge in [0.05, 0.1) is 0 Å². The van der Waals surface area contributed by atoms with Crippen molar-refractivity contribution in [2.24, 2.45) is 0 Å². The van der Waals surface area contributed by atoms with Crippen molar-refractivity contribution in [2.45, 2.75) is 31.7 Å². The average molecular weight is 148 g/mol. The van der Waals surface area contributed by atoms with Crippen molar-refractivity contribution in [1.82, 2.24) is 5.32 Å². The third-order valence-corrected chi connectivity index (χ3v) is 2.09. The van der Waals surface area contributed by atoms with Crippen molar-refractivity contribution in [3.8, 4) is 0 Å². The number of hydrogen-bond acceptors (Lipinski definition) is 1. The largest absolute Gasteiger partial charge is 0.314 e. The van der Waals surface area contributed by atoms with Crippen molar-refractivity contribution < 1.29 is 0 Å². The number of nitrogens with one attached hydrogen (secondary N) is 1. The van der Waals surface area contributed by atoms with Crippen molar-refractivity contribution in [1.29, 1.82) is 0 Å². The van der Waals surface area contributed by atoms with E-state index in [1.165, 1.54) is 25.8 Å². The van der Waals surface area contributed by atoms with Crippen molar-refractivity contribution in [3.63, 3.8) is 0 Å². The molecule has 0 aromatic heterocycles. The molecule has 1 saturated heterocycles. The molecule has 54 valence electrons. The molecule has 1 fully saturated rings. The molecule has 2 heteroatoms. The highest BCUT2D eigenvalue weighted by Crippen LogP contribution is 2.09. The first-order chi connectivity index (χ1) is 4.43. The van der Waals surface area contributed by atoms with E-state index < -0.39 is 0 Å². The van der Waals surface area contributed by atoms with Gasteiger partial charge in [0.2, 0.25) is 0 Å². The lowest BCUT2D eigenvalue weighted by Crippen LogP contribution is -2.34. The maximum Gasteiger partial charge on any atom is 0.0238 e. The molecule has 1 nitrogen and oxygen atoms in total. The van der Waals surface area contributed by atoms with E-state index in [1.54, 1.807) is 0 Å². The number of alkyl halides is 1. The Morgan fingerprint density at radius 3 is 2.89 bits per heavy atom.